The van der Waals surface area contributed by atoms with Gasteiger partial charge in [0.15, 0.2) is 5.79 Å². The van der Waals surface area contributed by atoms with E-state index in [0.717, 1.165) is 25.7 Å². The lowest BCUT2D eigenvalue weighted by Gasteiger charge is -2.31. The molecule has 0 aromatic carbocycles. The van der Waals surface area contributed by atoms with E-state index in [-0.39, 0.29) is 0 Å². The molecule has 1 aliphatic carbocycles. The predicted molar refractivity (Wildman–Crippen MR) is 48.8 cm³/mol. The SMILES string of the molecule is CC=CCOC1(O)CCCCC1. The van der Waals surface area contributed by atoms with E-state index < -0.39 is 5.79 Å². The Morgan fingerprint density at radius 1 is 1.33 bits per heavy atom. The molecular formula is C10H18O2. The molecule has 0 spiro atoms. The summed E-state index contributed by atoms with van der Waals surface area (Å²) in [7, 11) is 0. The van der Waals surface area contributed by atoms with Crippen molar-refractivity contribution >= 4 is 0 Å². The van der Waals surface area contributed by atoms with Crippen LogP contribution in [0.3, 0.4) is 0 Å². The molecule has 12 heavy (non-hydrogen) atoms. The molecule has 0 aromatic rings. The van der Waals surface area contributed by atoms with Gasteiger partial charge in [0.1, 0.15) is 0 Å². The summed E-state index contributed by atoms with van der Waals surface area (Å²) < 4.78 is 5.38. The normalized spacial score (nSPS) is 23.2. The van der Waals surface area contributed by atoms with Crippen molar-refractivity contribution in [3.63, 3.8) is 0 Å². The number of rotatable bonds is 3. The van der Waals surface area contributed by atoms with Gasteiger partial charge in [-0.2, -0.15) is 0 Å². The standard InChI is InChI=1S/C10H18O2/c1-2-3-9-12-10(11)7-5-4-6-8-10/h2-3,11H,4-9H2,1H3. The predicted octanol–water partition coefficient (Wildman–Crippen LogP) is 2.23. The molecule has 0 bridgehead atoms. The summed E-state index contributed by atoms with van der Waals surface area (Å²) in [5, 5.41) is 9.84. The molecule has 0 aliphatic heterocycles. The lowest BCUT2D eigenvalue weighted by Crippen LogP contribution is -2.34. The van der Waals surface area contributed by atoms with Crippen LogP contribution in [0.25, 0.3) is 0 Å². The van der Waals surface area contributed by atoms with Crippen molar-refractivity contribution in [3.05, 3.63) is 12.2 Å². The summed E-state index contributed by atoms with van der Waals surface area (Å²) in [6.07, 6.45) is 8.86. The highest BCUT2D eigenvalue weighted by Crippen LogP contribution is 2.28. The zero-order chi connectivity index (χ0) is 8.86. The van der Waals surface area contributed by atoms with E-state index in [1.165, 1.54) is 6.42 Å². The van der Waals surface area contributed by atoms with Crippen LogP contribution in [0.15, 0.2) is 12.2 Å². The lowest BCUT2D eigenvalue weighted by molar-refractivity contribution is -0.213. The fourth-order valence-electron chi connectivity index (χ4n) is 1.55. The molecular weight excluding hydrogens is 152 g/mol. The molecule has 1 aliphatic rings. The molecule has 0 aromatic heterocycles. The van der Waals surface area contributed by atoms with Crippen molar-refractivity contribution in [2.45, 2.75) is 44.8 Å². The lowest BCUT2D eigenvalue weighted by atomic mass is 9.94. The van der Waals surface area contributed by atoms with Crippen LogP contribution in [0.1, 0.15) is 39.0 Å². The summed E-state index contributed by atoms with van der Waals surface area (Å²) in [5.41, 5.74) is 0. The van der Waals surface area contributed by atoms with Crippen LogP contribution in [0, 0.1) is 0 Å². The average molecular weight is 170 g/mol. The molecule has 0 radical (unpaired) electrons. The highest BCUT2D eigenvalue weighted by Gasteiger charge is 2.29. The largest absolute Gasteiger partial charge is 0.365 e. The van der Waals surface area contributed by atoms with Gasteiger partial charge in [0.2, 0.25) is 0 Å². The number of allylic oxidation sites excluding steroid dienone is 1. The van der Waals surface area contributed by atoms with Gasteiger partial charge in [-0.3, -0.25) is 0 Å². The minimum Gasteiger partial charge on any atom is -0.365 e. The topological polar surface area (TPSA) is 29.5 Å². The molecule has 1 rings (SSSR count). The molecule has 0 atom stereocenters. The number of ether oxygens (including phenoxy) is 1. The van der Waals surface area contributed by atoms with Crippen molar-refractivity contribution in [3.8, 4) is 0 Å². The van der Waals surface area contributed by atoms with Crippen LogP contribution in [-0.2, 0) is 4.74 Å². The summed E-state index contributed by atoms with van der Waals surface area (Å²) in [6, 6.07) is 0. The first-order valence-electron chi connectivity index (χ1n) is 4.74. The minimum absolute atomic E-state index is 0.535. The van der Waals surface area contributed by atoms with Crippen LogP contribution in [-0.4, -0.2) is 17.5 Å². The highest BCUT2D eigenvalue weighted by atomic mass is 16.6. The van der Waals surface area contributed by atoms with Gasteiger partial charge >= 0.3 is 0 Å². The van der Waals surface area contributed by atoms with Crippen molar-refractivity contribution in [1.29, 1.82) is 0 Å². The maximum absolute atomic E-state index is 9.84. The Morgan fingerprint density at radius 2 is 2.00 bits per heavy atom. The van der Waals surface area contributed by atoms with Gasteiger partial charge < -0.3 is 9.84 Å². The van der Waals surface area contributed by atoms with Gasteiger partial charge in [-0.05, 0) is 19.8 Å². The minimum atomic E-state index is -0.822. The molecule has 1 N–H and O–H groups in total. The smallest absolute Gasteiger partial charge is 0.165 e. The van der Waals surface area contributed by atoms with E-state index in [2.05, 4.69) is 0 Å². The van der Waals surface area contributed by atoms with E-state index in [9.17, 15) is 5.11 Å². The molecule has 0 saturated heterocycles. The third kappa shape index (κ3) is 2.95. The summed E-state index contributed by atoms with van der Waals surface area (Å²) in [6.45, 7) is 2.49. The maximum atomic E-state index is 9.84. The van der Waals surface area contributed by atoms with Crippen LogP contribution in [0.2, 0.25) is 0 Å². The third-order valence-electron chi connectivity index (χ3n) is 2.32. The van der Waals surface area contributed by atoms with Crippen molar-refractivity contribution in [2.24, 2.45) is 0 Å². The third-order valence-corrected chi connectivity index (χ3v) is 2.32. The van der Waals surface area contributed by atoms with Gasteiger partial charge in [-0.15, -0.1) is 0 Å². The number of hydrogen-bond donors (Lipinski definition) is 1. The zero-order valence-corrected chi connectivity index (χ0v) is 7.75. The van der Waals surface area contributed by atoms with E-state index >= 15 is 0 Å². The first kappa shape index (κ1) is 9.75. The monoisotopic (exact) mass is 170 g/mol. The summed E-state index contributed by atoms with van der Waals surface area (Å²) in [4.78, 5) is 0. The maximum Gasteiger partial charge on any atom is 0.165 e. The van der Waals surface area contributed by atoms with Crippen LogP contribution >= 0.6 is 0 Å². The Morgan fingerprint density at radius 3 is 2.58 bits per heavy atom. The quantitative estimate of drug-likeness (QED) is 0.520. The van der Waals surface area contributed by atoms with Gasteiger partial charge in [-0.1, -0.05) is 18.6 Å². The Bertz CT molecular complexity index is 146. The second-order valence-electron chi connectivity index (χ2n) is 3.39. The molecule has 0 unspecified atom stereocenters. The van der Waals surface area contributed by atoms with Crippen LogP contribution in [0.5, 0.6) is 0 Å². The van der Waals surface area contributed by atoms with Crippen molar-refractivity contribution in [2.75, 3.05) is 6.61 Å². The molecule has 70 valence electrons. The Kier molecular flexibility index (Phi) is 3.76. The highest BCUT2D eigenvalue weighted by molar-refractivity contribution is 4.79. The fraction of sp³-hybridized carbons (Fsp3) is 0.800. The zero-order valence-electron chi connectivity index (χ0n) is 7.75. The van der Waals surface area contributed by atoms with Gasteiger partial charge in [0, 0.05) is 12.8 Å². The number of aliphatic hydroxyl groups is 1. The first-order valence-corrected chi connectivity index (χ1v) is 4.74. The van der Waals surface area contributed by atoms with Crippen molar-refractivity contribution < 1.29 is 9.84 Å². The van der Waals surface area contributed by atoms with Gasteiger partial charge in [-0.25, -0.2) is 0 Å². The Hall–Kier alpha value is -0.340. The van der Waals surface area contributed by atoms with E-state index in [0.29, 0.717) is 6.61 Å². The van der Waals surface area contributed by atoms with E-state index in [1.54, 1.807) is 0 Å². The Balaban J connectivity index is 2.26. The molecule has 0 heterocycles. The van der Waals surface area contributed by atoms with Crippen LogP contribution < -0.4 is 0 Å². The molecule has 1 saturated carbocycles. The average Bonchev–Trinajstić information content (AvgIpc) is 2.06. The Labute approximate surface area is 74.2 Å². The molecule has 0 amide bonds. The second kappa shape index (κ2) is 4.63. The summed E-state index contributed by atoms with van der Waals surface area (Å²) >= 11 is 0. The fourth-order valence-corrected chi connectivity index (χ4v) is 1.55. The molecule has 1 fully saturated rings. The van der Waals surface area contributed by atoms with Crippen molar-refractivity contribution in [1.82, 2.24) is 0 Å². The van der Waals surface area contributed by atoms with E-state index in [1.807, 2.05) is 19.1 Å². The second-order valence-corrected chi connectivity index (χ2v) is 3.39. The first-order chi connectivity index (χ1) is 5.77. The molecule has 2 nitrogen and oxygen atoms in total. The summed E-state index contributed by atoms with van der Waals surface area (Å²) in [5.74, 6) is -0.822. The molecule has 2 heteroatoms. The van der Waals surface area contributed by atoms with Gasteiger partial charge in [0.25, 0.3) is 0 Å². The number of hydrogen-bond acceptors (Lipinski definition) is 2. The van der Waals surface area contributed by atoms with E-state index in [4.69, 9.17) is 4.74 Å². The van der Waals surface area contributed by atoms with Crippen LogP contribution in [0.4, 0.5) is 0 Å². The van der Waals surface area contributed by atoms with Gasteiger partial charge in [0.05, 0.1) is 6.61 Å².